The van der Waals surface area contributed by atoms with E-state index in [-0.39, 0.29) is 10.9 Å². The third kappa shape index (κ3) is 3.38. The smallest absolute Gasteiger partial charge is 0.291 e. The summed E-state index contributed by atoms with van der Waals surface area (Å²) in [6.07, 6.45) is 1.41. The molecule has 0 radical (unpaired) electrons. The molecule has 8 nitrogen and oxygen atoms in total. The summed E-state index contributed by atoms with van der Waals surface area (Å²) in [6.45, 7) is 0. The summed E-state index contributed by atoms with van der Waals surface area (Å²) in [5, 5.41) is 2.20. The highest BCUT2D eigenvalue weighted by Crippen LogP contribution is 2.16. The first-order valence-electron chi connectivity index (χ1n) is 5.81. The molecule has 0 aliphatic carbocycles. The average molecular weight is 311 g/mol. The summed E-state index contributed by atoms with van der Waals surface area (Å²) in [6, 6.07) is 5.65. The molecule has 0 spiro atoms. The number of anilines is 1. The zero-order valence-corrected chi connectivity index (χ0v) is 12.1. The van der Waals surface area contributed by atoms with Crippen molar-refractivity contribution in [2.45, 2.75) is 5.09 Å². The minimum Gasteiger partial charge on any atom is -0.481 e. The zero-order valence-electron chi connectivity index (χ0n) is 11.3. The number of carbonyl (C=O) groups excluding carboxylic acids is 1. The first kappa shape index (κ1) is 15.0. The Morgan fingerprint density at radius 3 is 2.62 bits per heavy atom. The summed E-state index contributed by atoms with van der Waals surface area (Å²) < 4.78 is 35.0. The number of ether oxygens (including phenoxy) is 1. The molecule has 0 unspecified atom stereocenters. The van der Waals surface area contributed by atoms with Crippen molar-refractivity contribution in [2.24, 2.45) is 0 Å². The number of nitrogens with one attached hydrogen (secondary N) is 2. The van der Waals surface area contributed by atoms with Crippen molar-refractivity contribution >= 4 is 21.6 Å². The second kappa shape index (κ2) is 5.94. The first-order valence-corrected chi connectivity index (χ1v) is 7.29. The summed E-state index contributed by atoms with van der Waals surface area (Å²) in [7, 11) is -0.988. The van der Waals surface area contributed by atoms with Crippen molar-refractivity contribution in [3.05, 3.63) is 36.2 Å². The predicted molar refractivity (Wildman–Crippen MR) is 73.7 cm³/mol. The van der Waals surface area contributed by atoms with Crippen LogP contribution in [0.4, 0.5) is 5.69 Å². The molecule has 112 valence electrons. The van der Waals surface area contributed by atoms with Gasteiger partial charge in [0, 0.05) is 6.07 Å². The Kier molecular flexibility index (Phi) is 4.24. The van der Waals surface area contributed by atoms with E-state index in [0.29, 0.717) is 11.6 Å². The van der Waals surface area contributed by atoms with Crippen LogP contribution in [0.15, 0.2) is 40.0 Å². The van der Waals surface area contributed by atoms with Crippen molar-refractivity contribution < 1.29 is 22.4 Å². The third-order valence-corrected chi connectivity index (χ3v) is 3.83. The van der Waals surface area contributed by atoms with Crippen molar-refractivity contribution in [2.75, 3.05) is 19.5 Å². The van der Waals surface area contributed by atoms with Gasteiger partial charge in [0.1, 0.15) is 0 Å². The molecule has 2 N–H and O–H groups in total. The van der Waals surface area contributed by atoms with Gasteiger partial charge in [-0.3, -0.25) is 4.79 Å². The monoisotopic (exact) mass is 311 g/mol. The molecular formula is C12H13N3O5S. The minimum absolute atomic E-state index is 0.125. The lowest BCUT2D eigenvalue weighted by molar-refractivity contribution is 0.0991. The van der Waals surface area contributed by atoms with E-state index >= 15 is 0 Å². The summed E-state index contributed by atoms with van der Waals surface area (Å²) >= 11 is 0. The highest BCUT2D eigenvalue weighted by Gasteiger charge is 2.19. The van der Waals surface area contributed by atoms with Crippen LogP contribution in [-0.4, -0.2) is 33.5 Å². The van der Waals surface area contributed by atoms with Crippen LogP contribution in [0.2, 0.25) is 0 Å². The minimum atomic E-state index is -3.72. The van der Waals surface area contributed by atoms with Crippen LogP contribution >= 0.6 is 0 Å². The van der Waals surface area contributed by atoms with Crippen LogP contribution in [0.5, 0.6) is 5.88 Å². The maximum Gasteiger partial charge on any atom is 0.291 e. The van der Waals surface area contributed by atoms with E-state index in [1.165, 1.54) is 32.5 Å². The van der Waals surface area contributed by atoms with Gasteiger partial charge in [0.15, 0.2) is 5.76 Å². The summed E-state index contributed by atoms with van der Waals surface area (Å²) in [5.74, 6) is -0.299. The Labute approximate surface area is 121 Å². The van der Waals surface area contributed by atoms with E-state index in [1.54, 1.807) is 12.1 Å². The van der Waals surface area contributed by atoms with Gasteiger partial charge in [0.2, 0.25) is 11.0 Å². The van der Waals surface area contributed by atoms with Gasteiger partial charge in [0.05, 0.1) is 19.0 Å². The van der Waals surface area contributed by atoms with E-state index in [1.807, 2.05) is 0 Å². The van der Waals surface area contributed by atoms with Gasteiger partial charge in [-0.05, 0) is 25.2 Å². The van der Waals surface area contributed by atoms with E-state index < -0.39 is 15.9 Å². The number of rotatable bonds is 5. The van der Waals surface area contributed by atoms with Crippen LogP contribution in [0, 0.1) is 0 Å². The molecule has 1 amide bonds. The summed E-state index contributed by atoms with van der Waals surface area (Å²) in [4.78, 5) is 15.8. The van der Waals surface area contributed by atoms with Crippen LogP contribution in [0.25, 0.3) is 0 Å². The second-order valence-electron chi connectivity index (χ2n) is 3.87. The van der Waals surface area contributed by atoms with E-state index in [0.717, 1.165) is 0 Å². The molecule has 0 aliphatic heterocycles. The van der Waals surface area contributed by atoms with E-state index in [9.17, 15) is 13.2 Å². The largest absolute Gasteiger partial charge is 0.481 e. The first-order chi connectivity index (χ1) is 9.96. The molecule has 9 heteroatoms. The molecule has 2 aromatic rings. The fourth-order valence-electron chi connectivity index (χ4n) is 1.45. The fourth-order valence-corrected chi connectivity index (χ4v) is 2.10. The molecule has 0 atom stereocenters. The number of pyridine rings is 1. The maximum atomic E-state index is 11.9. The van der Waals surface area contributed by atoms with Crippen molar-refractivity contribution in [3.63, 3.8) is 0 Å². The van der Waals surface area contributed by atoms with Crippen LogP contribution in [-0.2, 0) is 10.0 Å². The number of hydrogen-bond acceptors (Lipinski definition) is 6. The number of nitrogens with zero attached hydrogens (tertiary/aromatic N) is 1. The molecule has 0 saturated carbocycles. The number of sulfonamides is 1. The molecule has 0 fully saturated rings. The topological polar surface area (TPSA) is 111 Å². The second-order valence-corrected chi connectivity index (χ2v) is 5.69. The van der Waals surface area contributed by atoms with E-state index in [4.69, 9.17) is 9.15 Å². The normalized spacial score (nSPS) is 11.1. The Hall–Kier alpha value is -2.39. The number of aromatic nitrogens is 1. The van der Waals surface area contributed by atoms with Crippen molar-refractivity contribution in [3.8, 4) is 5.88 Å². The SMILES string of the molecule is CNS(=O)(=O)c1ccc(C(=O)Nc2ccc(OC)nc2)o1. The third-order valence-electron chi connectivity index (χ3n) is 2.54. The molecule has 0 aromatic carbocycles. The zero-order chi connectivity index (χ0) is 15.5. The molecule has 2 rings (SSSR count). The van der Waals surface area contributed by atoms with Crippen molar-refractivity contribution in [1.29, 1.82) is 0 Å². The number of methoxy groups -OCH3 is 1. The Balaban J connectivity index is 2.13. The van der Waals surface area contributed by atoms with Gasteiger partial charge < -0.3 is 14.5 Å². The lowest BCUT2D eigenvalue weighted by Crippen LogP contribution is -2.18. The lowest BCUT2D eigenvalue weighted by atomic mass is 10.3. The van der Waals surface area contributed by atoms with E-state index in [2.05, 4.69) is 15.0 Å². The Morgan fingerprint density at radius 2 is 2.05 bits per heavy atom. The highest BCUT2D eigenvalue weighted by atomic mass is 32.2. The Bertz CT molecular complexity index is 737. The van der Waals surface area contributed by atoms with Gasteiger partial charge in [0.25, 0.3) is 15.9 Å². The molecule has 0 saturated heterocycles. The predicted octanol–water partition coefficient (Wildman–Crippen LogP) is 0.844. The number of furan rings is 1. The molecule has 2 aromatic heterocycles. The van der Waals surface area contributed by atoms with Crippen molar-refractivity contribution in [1.82, 2.24) is 9.71 Å². The molecular weight excluding hydrogens is 298 g/mol. The standard InChI is InChI=1S/C12H13N3O5S/c1-13-21(17,18)11-6-4-9(20-11)12(16)15-8-3-5-10(19-2)14-7-8/h3-7,13H,1-2H3,(H,15,16). The maximum absolute atomic E-state index is 11.9. The average Bonchev–Trinajstić information content (AvgIpc) is 2.99. The fraction of sp³-hybridized carbons (Fsp3) is 0.167. The molecule has 0 bridgehead atoms. The molecule has 21 heavy (non-hydrogen) atoms. The number of hydrogen-bond donors (Lipinski definition) is 2. The van der Waals surface area contributed by atoms with Gasteiger partial charge in [-0.1, -0.05) is 0 Å². The number of carbonyl (C=O) groups is 1. The van der Waals surface area contributed by atoms with Crippen LogP contribution in [0.1, 0.15) is 10.6 Å². The highest BCUT2D eigenvalue weighted by molar-refractivity contribution is 7.89. The molecule has 2 heterocycles. The Morgan fingerprint density at radius 1 is 1.29 bits per heavy atom. The lowest BCUT2D eigenvalue weighted by Gasteiger charge is -2.03. The molecule has 0 aliphatic rings. The number of amides is 1. The van der Waals surface area contributed by atoms with Gasteiger partial charge >= 0.3 is 0 Å². The summed E-state index contributed by atoms with van der Waals surface area (Å²) in [5.41, 5.74) is 0.426. The quantitative estimate of drug-likeness (QED) is 0.846. The van der Waals surface area contributed by atoms with Crippen LogP contribution < -0.4 is 14.8 Å². The van der Waals surface area contributed by atoms with Crippen LogP contribution in [0.3, 0.4) is 0 Å². The van der Waals surface area contributed by atoms with Gasteiger partial charge in [-0.25, -0.2) is 18.1 Å². The van der Waals surface area contributed by atoms with Gasteiger partial charge in [-0.15, -0.1) is 0 Å². The van der Waals surface area contributed by atoms with Gasteiger partial charge in [-0.2, -0.15) is 0 Å².